The zero-order valence-corrected chi connectivity index (χ0v) is 17.2. The molecule has 1 N–H and O–H groups in total. The molecule has 0 amide bonds. The molecule has 1 aliphatic rings. The number of pyridine rings is 1. The van der Waals surface area contributed by atoms with Crippen LogP contribution in [0, 0.1) is 0 Å². The summed E-state index contributed by atoms with van der Waals surface area (Å²) in [6, 6.07) is 7.26. The van der Waals surface area contributed by atoms with Gasteiger partial charge in [-0.15, -0.1) is 13.2 Å². The molecule has 3 rings (SSSR count). The molecule has 0 bridgehead atoms. The molecule has 31 heavy (non-hydrogen) atoms. The van der Waals surface area contributed by atoms with Crippen molar-refractivity contribution in [1.82, 2.24) is 14.4 Å². The number of aryl methyl sites for hydroxylation is 1. The van der Waals surface area contributed by atoms with Gasteiger partial charge in [0.1, 0.15) is 5.75 Å². The van der Waals surface area contributed by atoms with Crippen LogP contribution in [-0.2, 0) is 28.5 Å². The van der Waals surface area contributed by atoms with Crippen LogP contribution in [0.4, 0.5) is 13.2 Å². The van der Waals surface area contributed by atoms with Gasteiger partial charge in [0.2, 0.25) is 10.0 Å². The van der Waals surface area contributed by atoms with Crippen molar-refractivity contribution in [2.75, 3.05) is 13.1 Å². The second kappa shape index (κ2) is 9.12. The van der Waals surface area contributed by atoms with Crippen LogP contribution in [0.1, 0.15) is 12.0 Å². The predicted molar refractivity (Wildman–Crippen MR) is 104 cm³/mol. The Morgan fingerprint density at radius 3 is 2.45 bits per heavy atom. The average Bonchev–Trinajstić information content (AvgIpc) is 2.70. The van der Waals surface area contributed by atoms with E-state index in [-0.39, 0.29) is 30.2 Å². The standard InChI is InChI=1S/C19H20F3N3O5S/c1-24-9-6-14(12-18(24)26)13-29-23-15-7-10-25(11-8-15)31(27,28)17-4-2-16(3-5-17)30-19(20,21)22/h2-7,9,12,23H,8,10-11,13H2,1H3. The largest absolute Gasteiger partial charge is 0.573 e. The number of aromatic nitrogens is 1. The predicted octanol–water partition coefficient (Wildman–Crippen LogP) is 2.28. The van der Waals surface area contributed by atoms with E-state index in [0.717, 1.165) is 24.3 Å². The van der Waals surface area contributed by atoms with E-state index in [1.54, 1.807) is 25.4 Å². The fourth-order valence-corrected chi connectivity index (χ4v) is 4.20. The highest BCUT2D eigenvalue weighted by molar-refractivity contribution is 7.89. The number of nitrogens with one attached hydrogen (secondary N) is 1. The SMILES string of the molecule is Cn1ccc(CONC2=CCN(S(=O)(=O)c3ccc(OC(F)(F)F)cc3)CC2)cc1=O. The van der Waals surface area contributed by atoms with Gasteiger partial charge >= 0.3 is 6.36 Å². The third-order valence-electron chi connectivity index (χ3n) is 4.48. The van der Waals surface area contributed by atoms with Crippen molar-refractivity contribution in [2.45, 2.75) is 24.3 Å². The number of hydrogen-bond acceptors (Lipinski definition) is 6. The molecule has 0 radical (unpaired) electrons. The van der Waals surface area contributed by atoms with Crippen LogP contribution in [0.2, 0.25) is 0 Å². The van der Waals surface area contributed by atoms with Crippen molar-refractivity contribution in [3.05, 3.63) is 70.3 Å². The molecule has 0 saturated heterocycles. The number of halogens is 3. The molecule has 12 heteroatoms. The Morgan fingerprint density at radius 1 is 1.16 bits per heavy atom. The maximum atomic E-state index is 12.7. The smallest absolute Gasteiger partial charge is 0.406 e. The first-order valence-electron chi connectivity index (χ1n) is 9.13. The highest BCUT2D eigenvalue weighted by atomic mass is 32.2. The molecule has 168 valence electrons. The Bertz CT molecular complexity index is 1110. The third-order valence-corrected chi connectivity index (χ3v) is 6.36. The second-order valence-corrected chi connectivity index (χ2v) is 8.67. The van der Waals surface area contributed by atoms with Gasteiger partial charge < -0.3 is 9.30 Å². The fourth-order valence-electron chi connectivity index (χ4n) is 2.82. The van der Waals surface area contributed by atoms with Crippen molar-refractivity contribution in [1.29, 1.82) is 0 Å². The molecule has 0 unspecified atom stereocenters. The summed E-state index contributed by atoms with van der Waals surface area (Å²) >= 11 is 0. The van der Waals surface area contributed by atoms with E-state index in [1.165, 1.54) is 14.9 Å². The molecular weight excluding hydrogens is 439 g/mol. The molecule has 2 aromatic rings. The topological polar surface area (TPSA) is 89.9 Å². The van der Waals surface area contributed by atoms with Gasteiger partial charge in [0.15, 0.2) is 0 Å². The van der Waals surface area contributed by atoms with Crippen molar-refractivity contribution in [2.24, 2.45) is 7.05 Å². The molecule has 0 saturated carbocycles. The number of sulfonamides is 1. The van der Waals surface area contributed by atoms with Gasteiger partial charge in [0.05, 0.1) is 11.5 Å². The zero-order valence-electron chi connectivity index (χ0n) is 16.4. The summed E-state index contributed by atoms with van der Waals surface area (Å²) in [5.41, 5.74) is 3.97. The maximum absolute atomic E-state index is 12.7. The number of hydroxylamine groups is 1. The van der Waals surface area contributed by atoms with Gasteiger partial charge in [-0.3, -0.25) is 15.1 Å². The third kappa shape index (κ3) is 6.09. The van der Waals surface area contributed by atoms with E-state index in [9.17, 15) is 26.4 Å². The number of nitrogens with zero attached hydrogens (tertiary/aromatic N) is 2. The quantitative estimate of drug-likeness (QED) is 0.639. The van der Waals surface area contributed by atoms with Crippen LogP contribution in [-0.4, -0.2) is 36.7 Å². The van der Waals surface area contributed by atoms with E-state index >= 15 is 0 Å². The fraction of sp³-hybridized carbons (Fsp3) is 0.316. The summed E-state index contributed by atoms with van der Waals surface area (Å²) in [5, 5.41) is 0. The first kappa shape index (κ1) is 22.8. The lowest BCUT2D eigenvalue weighted by Gasteiger charge is -2.26. The Labute approximate surface area is 176 Å². The van der Waals surface area contributed by atoms with Crippen LogP contribution >= 0.6 is 0 Å². The minimum atomic E-state index is -4.85. The summed E-state index contributed by atoms with van der Waals surface area (Å²) in [6.07, 6.45) is -1.22. The molecule has 1 aliphatic heterocycles. The Morgan fingerprint density at radius 2 is 1.87 bits per heavy atom. The molecule has 1 aromatic heterocycles. The summed E-state index contributed by atoms with van der Waals surface area (Å²) < 4.78 is 68.5. The van der Waals surface area contributed by atoms with Crippen molar-refractivity contribution in [3.8, 4) is 5.75 Å². The van der Waals surface area contributed by atoms with E-state index in [2.05, 4.69) is 10.2 Å². The minimum absolute atomic E-state index is 0.0701. The highest BCUT2D eigenvalue weighted by Gasteiger charge is 2.31. The average molecular weight is 459 g/mol. The van der Waals surface area contributed by atoms with Crippen molar-refractivity contribution in [3.63, 3.8) is 0 Å². The zero-order chi connectivity index (χ0) is 22.6. The maximum Gasteiger partial charge on any atom is 0.573 e. The Kier molecular flexibility index (Phi) is 6.72. The van der Waals surface area contributed by atoms with Gasteiger partial charge in [-0.05, 0) is 42.0 Å². The van der Waals surface area contributed by atoms with E-state index in [4.69, 9.17) is 4.84 Å². The Balaban J connectivity index is 1.55. The van der Waals surface area contributed by atoms with Crippen LogP contribution in [0.25, 0.3) is 0 Å². The first-order valence-corrected chi connectivity index (χ1v) is 10.6. The van der Waals surface area contributed by atoms with Gasteiger partial charge in [-0.2, -0.15) is 4.31 Å². The molecule has 0 atom stereocenters. The van der Waals surface area contributed by atoms with E-state index < -0.39 is 22.1 Å². The Hall–Kier alpha value is -2.83. The lowest BCUT2D eigenvalue weighted by Crippen LogP contribution is -2.36. The molecule has 0 fully saturated rings. The lowest BCUT2D eigenvalue weighted by atomic mass is 10.2. The number of ether oxygens (including phenoxy) is 1. The monoisotopic (exact) mass is 459 g/mol. The van der Waals surface area contributed by atoms with Crippen LogP contribution in [0.15, 0.2) is 64.1 Å². The highest BCUT2D eigenvalue weighted by Crippen LogP contribution is 2.26. The summed E-state index contributed by atoms with van der Waals surface area (Å²) in [6.45, 7) is 0.389. The van der Waals surface area contributed by atoms with Gasteiger partial charge in [-0.1, -0.05) is 0 Å². The molecular formula is C19H20F3N3O5S. The molecule has 0 spiro atoms. The summed E-state index contributed by atoms with van der Waals surface area (Å²) in [5.74, 6) is -0.495. The number of benzene rings is 1. The van der Waals surface area contributed by atoms with Crippen LogP contribution in [0.3, 0.4) is 0 Å². The van der Waals surface area contributed by atoms with Gasteiger partial charge in [0, 0.05) is 44.5 Å². The first-order chi connectivity index (χ1) is 14.5. The van der Waals surface area contributed by atoms with E-state index in [0.29, 0.717) is 17.7 Å². The molecule has 2 heterocycles. The number of rotatable bonds is 7. The summed E-state index contributed by atoms with van der Waals surface area (Å²) in [4.78, 5) is 16.8. The number of hydrogen-bond donors (Lipinski definition) is 1. The lowest BCUT2D eigenvalue weighted by molar-refractivity contribution is -0.274. The molecule has 1 aromatic carbocycles. The van der Waals surface area contributed by atoms with E-state index in [1.807, 2.05) is 0 Å². The molecule has 0 aliphatic carbocycles. The van der Waals surface area contributed by atoms with Gasteiger partial charge in [0.25, 0.3) is 5.56 Å². The normalized spacial score (nSPS) is 15.4. The minimum Gasteiger partial charge on any atom is -0.406 e. The van der Waals surface area contributed by atoms with Crippen molar-refractivity contribution >= 4 is 10.0 Å². The van der Waals surface area contributed by atoms with Crippen LogP contribution in [0.5, 0.6) is 5.75 Å². The number of alkyl halides is 3. The molecule has 8 nitrogen and oxygen atoms in total. The second-order valence-electron chi connectivity index (χ2n) is 6.74. The van der Waals surface area contributed by atoms with Crippen molar-refractivity contribution < 1.29 is 31.2 Å². The summed E-state index contributed by atoms with van der Waals surface area (Å²) in [7, 11) is -2.23. The van der Waals surface area contributed by atoms with Crippen LogP contribution < -0.4 is 15.8 Å². The van der Waals surface area contributed by atoms with Gasteiger partial charge in [-0.25, -0.2) is 8.42 Å².